The van der Waals surface area contributed by atoms with Crippen molar-refractivity contribution >= 4 is 0 Å². The molecule has 0 saturated carbocycles. The van der Waals surface area contributed by atoms with Crippen molar-refractivity contribution in [2.24, 2.45) is 0 Å². The molecule has 0 fully saturated rings. The average Bonchev–Trinajstić information content (AvgIpc) is 1.27. The molecule has 0 aliphatic heterocycles. The number of hydrogen-bond donors (Lipinski definition) is 0. The molecule has 0 N–H and O–H groups in total. The summed E-state index contributed by atoms with van der Waals surface area (Å²) in [7, 11) is 0. The maximum absolute atomic E-state index is 5.25. The zero-order valence-electron chi connectivity index (χ0n) is 5.56. The van der Waals surface area contributed by atoms with Gasteiger partial charge in [0.1, 0.15) is 0 Å². The molecule has 0 atom stereocenters. The smallest absolute Gasteiger partial charge is 0.0522 e. The summed E-state index contributed by atoms with van der Waals surface area (Å²) < 4.78 is 5.25. The molecule has 0 aromatic rings. The van der Waals surface area contributed by atoms with Gasteiger partial charge < -0.3 is 4.74 Å². The highest BCUT2D eigenvalue weighted by Gasteiger charge is 1.94. The maximum atomic E-state index is 5.25. The summed E-state index contributed by atoms with van der Waals surface area (Å²) in [6, 6.07) is 0. The molecular weight excluding hydrogens is 94.0 g/mol. The minimum absolute atomic E-state index is 0.375. The van der Waals surface area contributed by atoms with E-state index in [4.69, 9.17) is 4.74 Å². The van der Waals surface area contributed by atoms with Crippen LogP contribution < -0.4 is 0 Å². The zero-order chi connectivity index (χ0) is 5.86. The first kappa shape index (κ1) is 6.96. The summed E-state index contributed by atoms with van der Waals surface area (Å²) in [4.78, 5) is 0. The first-order valence-electron chi connectivity index (χ1n) is 2.78. The summed E-state index contributed by atoms with van der Waals surface area (Å²) in [6.45, 7) is 8.17. The van der Waals surface area contributed by atoms with Gasteiger partial charge in [-0.25, -0.2) is 0 Å². The summed E-state index contributed by atoms with van der Waals surface area (Å²) >= 11 is 0. The molecule has 0 bridgehead atoms. The van der Waals surface area contributed by atoms with E-state index in [9.17, 15) is 0 Å². The Hall–Kier alpha value is -0.0400. The fourth-order valence-corrected chi connectivity index (χ4v) is 0.544. The molecule has 0 unspecified atom stereocenters. The fraction of sp³-hybridized carbons (Fsp3) is 1.00. The molecule has 44 valence electrons. The molecule has 1 nitrogen and oxygen atoms in total. The highest BCUT2D eigenvalue weighted by Crippen LogP contribution is 1.93. The molecule has 0 aliphatic rings. The third-order valence-electron chi connectivity index (χ3n) is 0.544. The average molecular weight is 108 g/mol. The predicted molar refractivity (Wildman–Crippen MR) is 31.4 cm³/mol. The Balaban J connectivity index is 2.95. The van der Waals surface area contributed by atoms with Crippen molar-refractivity contribution in [1.29, 1.82) is 0 Å². The van der Waals surface area contributed by atoms with Crippen LogP contribution >= 0.6 is 0 Å². The molecule has 0 saturated heterocycles. The van der Waals surface area contributed by atoms with E-state index in [1.165, 1.54) is 0 Å². The van der Waals surface area contributed by atoms with Gasteiger partial charge in [0.2, 0.25) is 0 Å². The van der Waals surface area contributed by atoms with Crippen molar-refractivity contribution in [3.05, 3.63) is 0 Å². The van der Waals surface area contributed by atoms with Crippen LogP contribution in [0.4, 0.5) is 0 Å². The van der Waals surface area contributed by atoms with Crippen LogP contribution in [0.25, 0.3) is 0 Å². The predicted octanol–water partition coefficient (Wildman–Crippen LogP) is 1.82. The molecule has 0 radical (unpaired) electrons. The van der Waals surface area contributed by atoms with Crippen LogP contribution in [-0.4, -0.2) is 12.2 Å². The lowest BCUT2D eigenvalue weighted by molar-refractivity contribution is 0.0300. The van der Waals surface area contributed by atoms with Gasteiger partial charge in [-0.05, 0) is 27.7 Å². The van der Waals surface area contributed by atoms with Crippen molar-refractivity contribution in [2.45, 2.75) is 39.9 Å². The van der Waals surface area contributed by atoms with Crippen LogP contribution in [0.1, 0.15) is 27.7 Å². The van der Waals surface area contributed by atoms with E-state index < -0.39 is 0 Å². The van der Waals surface area contributed by atoms with Crippen molar-refractivity contribution < 1.29 is 4.74 Å². The van der Waals surface area contributed by atoms with E-state index in [-0.39, 0.29) is 0 Å². The van der Waals surface area contributed by atoms with E-state index in [0.29, 0.717) is 12.2 Å². The van der Waals surface area contributed by atoms with Crippen molar-refractivity contribution in [3.63, 3.8) is 0 Å². The molecule has 0 aromatic heterocycles. The minimum Gasteiger partial charge on any atom is -0.376 e. The fourth-order valence-electron chi connectivity index (χ4n) is 0.544. The molecule has 0 aromatic carbocycles. The van der Waals surface area contributed by atoms with Gasteiger partial charge in [0, 0.05) is 0 Å². The van der Waals surface area contributed by atoms with Crippen LogP contribution in [0, 0.1) is 0 Å². The number of hydrogen-bond acceptors (Lipinski definition) is 1. The van der Waals surface area contributed by atoms with Gasteiger partial charge in [0.25, 0.3) is 0 Å². The lowest BCUT2D eigenvalue weighted by atomic mass is 11.4. The van der Waals surface area contributed by atoms with Crippen LogP contribution in [0.5, 0.6) is 0 Å². The number of rotatable bonds is 2. The van der Waals surface area contributed by atoms with Gasteiger partial charge in [-0.3, -0.25) is 0 Å². The van der Waals surface area contributed by atoms with Gasteiger partial charge in [0.15, 0.2) is 0 Å². The standard InChI is InChI=1S/C6H14O/c1-5(2)7-6(3)4/h5-6H,1-4H3/i1+1,2+1,3+1,4+1,5+1,6+1. The highest BCUT2D eigenvalue weighted by atomic mass is 16.6. The maximum Gasteiger partial charge on any atom is 0.0522 e. The zero-order valence-corrected chi connectivity index (χ0v) is 5.56. The van der Waals surface area contributed by atoms with Gasteiger partial charge >= 0.3 is 0 Å². The SMILES string of the molecule is [13CH3][13CH]([13CH3])O[13CH]([13CH3])[13CH3]. The largest absolute Gasteiger partial charge is 0.376 e. The molecule has 1 heteroatoms. The third-order valence-corrected chi connectivity index (χ3v) is 0.544. The van der Waals surface area contributed by atoms with E-state index in [2.05, 4.69) is 0 Å². The molecular formula is C6H14O. The second-order valence-corrected chi connectivity index (χ2v) is 2.23. The van der Waals surface area contributed by atoms with Crippen molar-refractivity contribution in [2.75, 3.05) is 0 Å². The summed E-state index contributed by atoms with van der Waals surface area (Å²) in [6.07, 6.45) is 0.750. The van der Waals surface area contributed by atoms with Crippen molar-refractivity contribution in [1.82, 2.24) is 0 Å². The van der Waals surface area contributed by atoms with Gasteiger partial charge in [-0.2, -0.15) is 0 Å². The molecule has 7 heavy (non-hydrogen) atoms. The van der Waals surface area contributed by atoms with E-state index in [1.807, 2.05) is 27.7 Å². The Morgan fingerprint density at radius 3 is 1.14 bits per heavy atom. The lowest BCUT2D eigenvalue weighted by Crippen LogP contribution is -2.09. The molecule has 0 aliphatic carbocycles. The second-order valence-electron chi connectivity index (χ2n) is 2.23. The summed E-state index contributed by atoms with van der Waals surface area (Å²) in [5.41, 5.74) is 0. The van der Waals surface area contributed by atoms with E-state index in [1.54, 1.807) is 0 Å². The topological polar surface area (TPSA) is 9.23 Å². The van der Waals surface area contributed by atoms with Crippen LogP contribution in [0.3, 0.4) is 0 Å². The monoisotopic (exact) mass is 108 g/mol. The molecule has 0 rings (SSSR count). The Labute approximate surface area is 45.7 Å². The lowest BCUT2D eigenvalue weighted by Gasteiger charge is -2.09. The second kappa shape index (κ2) is 3.03. The molecule has 0 heterocycles. The van der Waals surface area contributed by atoms with Gasteiger partial charge in [-0.1, -0.05) is 0 Å². The summed E-state index contributed by atoms with van der Waals surface area (Å²) in [5, 5.41) is 0. The Morgan fingerprint density at radius 1 is 0.857 bits per heavy atom. The molecule has 0 amide bonds. The van der Waals surface area contributed by atoms with E-state index >= 15 is 0 Å². The van der Waals surface area contributed by atoms with Crippen LogP contribution in [0.15, 0.2) is 0 Å². The normalized spacial score (nSPS) is 11.1. The first-order valence-corrected chi connectivity index (χ1v) is 2.78. The van der Waals surface area contributed by atoms with Crippen LogP contribution in [0.2, 0.25) is 0 Å². The van der Waals surface area contributed by atoms with E-state index in [0.717, 1.165) is 0 Å². The third kappa shape index (κ3) is 5.96. The quantitative estimate of drug-likeness (QED) is 0.490. The minimum atomic E-state index is 0.375. The first-order chi connectivity index (χ1) is 3.13. The highest BCUT2D eigenvalue weighted by molar-refractivity contribution is 4.40. The Kier molecular flexibility index (Phi) is 3.01. The van der Waals surface area contributed by atoms with Gasteiger partial charge in [-0.15, -0.1) is 0 Å². The van der Waals surface area contributed by atoms with Gasteiger partial charge in [0.05, 0.1) is 12.2 Å². The van der Waals surface area contributed by atoms with Crippen LogP contribution in [-0.2, 0) is 4.74 Å². The summed E-state index contributed by atoms with van der Waals surface area (Å²) in [5.74, 6) is 0. The number of ether oxygens (including phenoxy) is 1. The molecule has 0 spiro atoms. The van der Waals surface area contributed by atoms with Crippen molar-refractivity contribution in [3.8, 4) is 0 Å². The Morgan fingerprint density at radius 2 is 1.14 bits per heavy atom. The Bertz CT molecular complexity index is 33.4.